The molecule has 0 unspecified atom stereocenters. The summed E-state index contributed by atoms with van der Waals surface area (Å²) < 4.78 is 10.6. The number of hydrogen-bond donors (Lipinski definition) is 0. The van der Waals surface area contributed by atoms with Crippen LogP contribution in [0.3, 0.4) is 0 Å². The van der Waals surface area contributed by atoms with E-state index < -0.39 is 4.92 Å². The number of non-ortho nitro benzene ring substituents is 1. The lowest BCUT2D eigenvalue weighted by Gasteiger charge is -2.30. The van der Waals surface area contributed by atoms with Crippen LogP contribution >= 0.6 is 11.6 Å². The summed E-state index contributed by atoms with van der Waals surface area (Å²) in [6.07, 6.45) is 0.673. The minimum atomic E-state index is -0.545. The molecule has 3 rings (SSSR count). The Morgan fingerprint density at radius 2 is 1.81 bits per heavy atom. The van der Waals surface area contributed by atoms with Crippen molar-refractivity contribution in [2.24, 2.45) is 0 Å². The first-order chi connectivity index (χ1) is 12.4. The first-order valence-electron chi connectivity index (χ1n) is 7.91. The van der Waals surface area contributed by atoms with Gasteiger partial charge in [-0.2, -0.15) is 0 Å². The normalized spacial score (nSPS) is 13.1. The van der Waals surface area contributed by atoms with Crippen LogP contribution in [-0.4, -0.2) is 36.5 Å². The average molecular weight is 377 g/mol. The Labute approximate surface area is 155 Å². The van der Waals surface area contributed by atoms with Gasteiger partial charge >= 0.3 is 0 Å². The van der Waals surface area contributed by atoms with E-state index in [0.717, 1.165) is 11.1 Å². The van der Waals surface area contributed by atoms with Crippen LogP contribution in [0.5, 0.6) is 11.5 Å². The molecule has 0 radical (unpaired) electrons. The molecule has 0 aliphatic carbocycles. The van der Waals surface area contributed by atoms with Crippen molar-refractivity contribution in [3.63, 3.8) is 0 Å². The Kier molecular flexibility index (Phi) is 4.99. The van der Waals surface area contributed by atoms with E-state index in [9.17, 15) is 14.9 Å². The first kappa shape index (κ1) is 18.0. The number of carbonyl (C=O) groups excluding carboxylic acids is 1. The molecule has 0 N–H and O–H groups in total. The molecule has 0 atom stereocenters. The van der Waals surface area contributed by atoms with E-state index >= 15 is 0 Å². The standard InChI is InChI=1S/C18H17ClN2O5/c1-25-16-7-11-5-6-20(10-12(11)8-17(16)26-2)18(22)14-4-3-13(21(23)24)9-15(14)19/h3-4,7-9H,5-6,10H2,1-2H3. The highest BCUT2D eigenvalue weighted by atomic mass is 35.5. The summed E-state index contributed by atoms with van der Waals surface area (Å²) in [5, 5.41) is 10.9. The summed E-state index contributed by atoms with van der Waals surface area (Å²) in [5.74, 6) is 1.00. The first-order valence-corrected chi connectivity index (χ1v) is 8.29. The predicted octanol–water partition coefficient (Wildman–Crippen LogP) is 3.46. The van der Waals surface area contributed by atoms with Crippen molar-refractivity contribution in [1.29, 1.82) is 0 Å². The van der Waals surface area contributed by atoms with Crippen LogP contribution in [-0.2, 0) is 13.0 Å². The molecular weight excluding hydrogens is 360 g/mol. The van der Waals surface area contributed by atoms with Crippen LogP contribution in [0.15, 0.2) is 30.3 Å². The summed E-state index contributed by atoms with van der Waals surface area (Å²) in [4.78, 5) is 24.7. The Balaban J connectivity index is 1.86. The van der Waals surface area contributed by atoms with Gasteiger partial charge < -0.3 is 14.4 Å². The summed E-state index contributed by atoms with van der Waals surface area (Å²) >= 11 is 6.09. The maximum absolute atomic E-state index is 12.8. The van der Waals surface area contributed by atoms with E-state index in [2.05, 4.69) is 0 Å². The number of ether oxygens (including phenoxy) is 2. The van der Waals surface area contributed by atoms with Gasteiger partial charge in [0.05, 0.1) is 29.7 Å². The number of nitrogens with zero attached hydrogens (tertiary/aromatic N) is 2. The smallest absolute Gasteiger partial charge is 0.270 e. The zero-order valence-corrected chi connectivity index (χ0v) is 15.1. The van der Waals surface area contributed by atoms with E-state index in [1.807, 2.05) is 12.1 Å². The Morgan fingerprint density at radius 1 is 1.15 bits per heavy atom. The number of nitro groups is 1. The van der Waals surface area contributed by atoms with Gasteiger partial charge in [0, 0.05) is 25.2 Å². The number of hydrogen-bond acceptors (Lipinski definition) is 5. The second-order valence-corrected chi connectivity index (χ2v) is 6.28. The van der Waals surface area contributed by atoms with Crippen LogP contribution < -0.4 is 9.47 Å². The molecule has 1 aliphatic rings. The molecule has 8 heteroatoms. The highest BCUT2D eigenvalue weighted by Crippen LogP contribution is 2.34. The molecule has 0 bridgehead atoms. The van der Waals surface area contributed by atoms with Crippen molar-refractivity contribution < 1.29 is 19.2 Å². The van der Waals surface area contributed by atoms with Gasteiger partial charge in [-0.1, -0.05) is 11.6 Å². The second-order valence-electron chi connectivity index (χ2n) is 5.87. The molecule has 0 aromatic heterocycles. The summed E-state index contributed by atoms with van der Waals surface area (Å²) in [5.41, 5.74) is 2.18. The van der Waals surface area contributed by atoms with Crippen molar-refractivity contribution in [2.75, 3.05) is 20.8 Å². The summed E-state index contributed by atoms with van der Waals surface area (Å²) in [7, 11) is 3.14. The highest BCUT2D eigenvalue weighted by molar-refractivity contribution is 6.34. The van der Waals surface area contributed by atoms with E-state index in [1.165, 1.54) is 18.2 Å². The lowest BCUT2D eigenvalue weighted by atomic mass is 9.98. The van der Waals surface area contributed by atoms with E-state index in [1.54, 1.807) is 19.1 Å². The third-order valence-corrected chi connectivity index (χ3v) is 4.71. The largest absolute Gasteiger partial charge is 0.493 e. The molecule has 136 valence electrons. The Morgan fingerprint density at radius 3 is 2.38 bits per heavy atom. The van der Waals surface area contributed by atoms with Crippen LogP contribution in [0.2, 0.25) is 5.02 Å². The molecule has 1 amide bonds. The molecule has 0 fully saturated rings. The lowest BCUT2D eigenvalue weighted by molar-refractivity contribution is -0.384. The molecule has 1 aliphatic heterocycles. The number of amides is 1. The molecule has 7 nitrogen and oxygen atoms in total. The van der Waals surface area contributed by atoms with E-state index in [4.69, 9.17) is 21.1 Å². The fourth-order valence-corrected chi connectivity index (χ4v) is 3.27. The molecule has 0 spiro atoms. The van der Waals surface area contributed by atoms with Crippen molar-refractivity contribution in [1.82, 2.24) is 4.90 Å². The maximum Gasteiger partial charge on any atom is 0.270 e. The monoisotopic (exact) mass is 376 g/mol. The fraction of sp³-hybridized carbons (Fsp3) is 0.278. The van der Waals surface area contributed by atoms with Gasteiger partial charge in [-0.3, -0.25) is 14.9 Å². The molecule has 26 heavy (non-hydrogen) atoms. The lowest BCUT2D eigenvalue weighted by Crippen LogP contribution is -2.36. The average Bonchev–Trinajstić information content (AvgIpc) is 2.65. The van der Waals surface area contributed by atoms with Crippen LogP contribution in [0.25, 0.3) is 0 Å². The van der Waals surface area contributed by atoms with Crippen LogP contribution in [0.1, 0.15) is 21.5 Å². The molecule has 0 saturated heterocycles. The van der Waals surface area contributed by atoms with Crippen LogP contribution in [0, 0.1) is 10.1 Å². The Bertz CT molecular complexity index is 884. The van der Waals surface area contributed by atoms with Crippen LogP contribution in [0.4, 0.5) is 5.69 Å². The quantitative estimate of drug-likeness (QED) is 0.602. The number of carbonyl (C=O) groups is 1. The van der Waals surface area contributed by atoms with Gasteiger partial charge in [-0.25, -0.2) is 0 Å². The molecule has 2 aromatic rings. The number of benzene rings is 2. The van der Waals surface area contributed by atoms with Gasteiger partial charge in [0.15, 0.2) is 11.5 Å². The van der Waals surface area contributed by atoms with Gasteiger partial charge in [-0.15, -0.1) is 0 Å². The molecule has 0 saturated carbocycles. The third-order valence-electron chi connectivity index (χ3n) is 4.40. The molecular formula is C18H17ClN2O5. The number of fused-ring (bicyclic) bond motifs is 1. The van der Waals surface area contributed by atoms with Gasteiger partial charge in [0.2, 0.25) is 0 Å². The Hall–Kier alpha value is -2.80. The van der Waals surface area contributed by atoms with E-state index in [-0.39, 0.29) is 22.2 Å². The zero-order chi connectivity index (χ0) is 18.8. The van der Waals surface area contributed by atoms with Crippen molar-refractivity contribution in [3.8, 4) is 11.5 Å². The fourth-order valence-electron chi connectivity index (χ4n) is 3.02. The third kappa shape index (κ3) is 3.30. The zero-order valence-electron chi connectivity index (χ0n) is 14.3. The van der Waals surface area contributed by atoms with Crippen molar-refractivity contribution >= 4 is 23.2 Å². The van der Waals surface area contributed by atoms with Gasteiger partial charge in [-0.05, 0) is 35.7 Å². The number of rotatable bonds is 4. The SMILES string of the molecule is COc1cc2c(cc1OC)CN(C(=O)c1ccc([N+](=O)[O-])cc1Cl)CC2. The second kappa shape index (κ2) is 7.21. The number of halogens is 1. The van der Waals surface area contributed by atoms with E-state index in [0.29, 0.717) is 31.0 Å². The summed E-state index contributed by atoms with van der Waals surface area (Å²) in [6.45, 7) is 0.927. The maximum atomic E-state index is 12.8. The minimum Gasteiger partial charge on any atom is -0.493 e. The highest BCUT2D eigenvalue weighted by Gasteiger charge is 2.25. The number of methoxy groups -OCH3 is 2. The molecule has 2 aromatic carbocycles. The van der Waals surface area contributed by atoms with Crippen molar-refractivity contribution in [3.05, 3.63) is 62.2 Å². The van der Waals surface area contributed by atoms with Gasteiger partial charge in [0.1, 0.15) is 0 Å². The minimum absolute atomic E-state index is 0.0716. The topological polar surface area (TPSA) is 81.9 Å². The number of nitro benzene ring substituents is 1. The predicted molar refractivity (Wildman–Crippen MR) is 96.1 cm³/mol. The summed E-state index contributed by atoms with van der Waals surface area (Å²) in [6, 6.07) is 7.66. The van der Waals surface area contributed by atoms with Gasteiger partial charge in [0.25, 0.3) is 11.6 Å². The molecule has 1 heterocycles. The van der Waals surface area contributed by atoms with Crippen molar-refractivity contribution in [2.45, 2.75) is 13.0 Å².